The summed E-state index contributed by atoms with van der Waals surface area (Å²) in [5.41, 5.74) is 6.35. The lowest BCUT2D eigenvalue weighted by Gasteiger charge is -2.56. The van der Waals surface area contributed by atoms with E-state index in [1.54, 1.807) is 11.1 Å². The van der Waals surface area contributed by atoms with Gasteiger partial charge in [-0.1, -0.05) is 48.6 Å². The van der Waals surface area contributed by atoms with Crippen molar-refractivity contribution in [3.63, 3.8) is 0 Å². The molecule has 152 valence electrons. The molecule has 0 bridgehead atoms. The second-order valence-corrected chi connectivity index (χ2v) is 9.92. The molecule has 1 N–H and O–H groups in total. The molecule has 0 unspecified atom stereocenters. The van der Waals surface area contributed by atoms with Crippen LogP contribution in [-0.4, -0.2) is 11.1 Å². The van der Waals surface area contributed by atoms with Crippen LogP contribution in [0.4, 0.5) is 0 Å². The number of carboxylic acids is 1. The lowest BCUT2D eigenvalue weighted by Crippen LogP contribution is -2.46. The van der Waals surface area contributed by atoms with Gasteiger partial charge in [0.25, 0.3) is 0 Å². The number of carboxylic acid groups (broad SMARTS) is 1. The Labute approximate surface area is 166 Å². The van der Waals surface area contributed by atoms with Gasteiger partial charge in [0.05, 0.1) is 0 Å². The van der Waals surface area contributed by atoms with Crippen molar-refractivity contribution in [2.75, 3.05) is 0 Å². The van der Waals surface area contributed by atoms with Crippen LogP contribution >= 0.6 is 0 Å². The van der Waals surface area contributed by atoms with Gasteiger partial charge in [-0.3, -0.25) is 0 Å². The van der Waals surface area contributed by atoms with E-state index >= 15 is 0 Å². The topological polar surface area (TPSA) is 37.3 Å². The number of fused-ring (bicyclic) bond motifs is 1. The van der Waals surface area contributed by atoms with Gasteiger partial charge in [0.2, 0.25) is 0 Å². The average Bonchev–Trinajstić information content (AvgIpc) is 2.52. The number of hydrogen-bond acceptors (Lipinski definition) is 1. The standard InChI is InChI=1S/C25H40O2/c1-18(2)9-7-14-24(5)15-8-16-25(6)21(20(4)11-13-22(24)25)12-10-19(3)17-23(26)27/h9,17,22H,7-8,10-16H2,1-6H3,(H,26,27)/b19-17+/t22-,24+,25+/m0/s1. The van der Waals surface area contributed by atoms with Gasteiger partial charge in [-0.25, -0.2) is 4.79 Å². The molecule has 2 nitrogen and oxygen atoms in total. The third-order valence-electron chi connectivity index (χ3n) is 7.47. The van der Waals surface area contributed by atoms with E-state index in [2.05, 4.69) is 40.7 Å². The molecule has 2 aliphatic rings. The zero-order valence-corrected chi connectivity index (χ0v) is 18.5. The number of allylic oxidation sites excluding steroid dienone is 5. The summed E-state index contributed by atoms with van der Waals surface area (Å²) >= 11 is 0. The Morgan fingerprint density at radius 3 is 2.56 bits per heavy atom. The van der Waals surface area contributed by atoms with Gasteiger partial charge in [-0.2, -0.15) is 0 Å². The summed E-state index contributed by atoms with van der Waals surface area (Å²) in [4.78, 5) is 11.0. The zero-order chi connectivity index (χ0) is 20.2. The van der Waals surface area contributed by atoms with E-state index in [9.17, 15) is 4.79 Å². The minimum Gasteiger partial charge on any atom is -0.478 e. The molecule has 0 aromatic heterocycles. The van der Waals surface area contributed by atoms with Gasteiger partial charge in [0, 0.05) is 6.08 Å². The van der Waals surface area contributed by atoms with Crippen molar-refractivity contribution in [1.29, 1.82) is 0 Å². The van der Waals surface area contributed by atoms with Crippen molar-refractivity contribution in [3.8, 4) is 0 Å². The summed E-state index contributed by atoms with van der Waals surface area (Å²) in [7, 11) is 0. The smallest absolute Gasteiger partial charge is 0.328 e. The molecule has 0 radical (unpaired) electrons. The third kappa shape index (κ3) is 5.15. The fourth-order valence-corrected chi connectivity index (χ4v) is 6.10. The molecule has 0 amide bonds. The monoisotopic (exact) mass is 372 g/mol. The molecule has 3 atom stereocenters. The van der Waals surface area contributed by atoms with Crippen LogP contribution in [0.1, 0.15) is 99.3 Å². The van der Waals surface area contributed by atoms with Crippen LogP contribution in [0.3, 0.4) is 0 Å². The molecule has 0 aliphatic heterocycles. The van der Waals surface area contributed by atoms with Gasteiger partial charge >= 0.3 is 5.97 Å². The predicted molar refractivity (Wildman–Crippen MR) is 115 cm³/mol. The van der Waals surface area contributed by atoms with E-state index in [0.29, 0.717) is 10.8 Å². The molecule has 1 saturated carbocycles. The molecule has 27 heavy (non-hydrogen) atoms. The Kier molecular flexibility index (Phi) is 7.16. The second-order valence-electron chi connectivity index (χ2n) is 9.92. The summed E-state index contributed by atoms with van der Waals surface area (Å²) in [6.07, 6.45) is 14.7. The summed E-state index contributed by atoms with van der Waals surface area (Å²) < 4.78 is 0. The van der Waals surface area contributed by atoms with Crippen molar-refractivity contribution in [3.05, 3.63) is 34.4 Å². The van der Waals surface area contributed by atoms with Crippen LogP contribution in [-0.2, 0) is 4.79 Å². The Morgan fingerprint density at radius 1 is 1.22 bits per heavy atom. The largest absolute Gasteiger partial charge is 0.478 e. The second kappa shape index (κ2) is 8.80. The first-order chi connectivity index (χ1) is 12.6. The third-order valence-corrected chi connectivity index (χ3v) is 7.47. The highest BCUT2D eigenvalue weighted by molar-refractivity contribution is 5.80. The number of carbonyl (C=O) groups is 1. The highest BCUT2D eigenvalue weighted by Crippen LogP contribution is 2.61. The highest BCUT2D eigenvalue weighted by Gasteiger charge is 2.51. The Hall–Kier alpha value is -1.31. The Morgan fingerprint density at radius 2 is 1.93 bits per heavy atom. The summed E-state index contributed by atoms with van der Waals surface area (Å²) in [5.74, 6) is -0.0674. The van der Waals surface area contributed by atoms with Crippen molar-refractivity contribution in [2.24, 2.45) is 16.7 Å². The minimum absolute atomic E-state index is 0.295. The summed E-state index contributed by atoms with van der Waals surface area (Å²) in [6, 6.07) is 0. The molecule has 1 fully saturated rings. The van der Waals surface area contributed by atoms with Crippen LogP contribution in [0, 0.1) is 16.7 Å². The molecule has 0 spiro atoms. The predicted octanol–water partition coefficient (Wildman–Crippen LogP) is 7.47. The minimum atomic E-state index is -0.824. The maximum absolute atomic E-state index is 11.0. The number of aliphatic carboxylic acids is 1. The summed E-state index contributed by atoms with van der Waals surface area (Å²) in [5, 5.41) is 9.01. The van der Waals surface area contributed by atoms with Crippen LogP contribution in [0.2, 0.25) is 0 Å². The molecule has 0 saturated heterocycles. The fraction of sp³-hybridized carbons (Fsp3) is 0.720. The van der Waals surface area contributed by atoms with Crippen molar-refractivity contribution in [2.45, 2.75) is 99.3 Å². The first kappa shape index (κ1) is 22.0. The van der Waals surface area contributed by atoms with E-state index in [0.717, 1.165) is 24.3 Å². The molecule has 2 heteroatoms. The van der Waals surface area contributed by atoms with E-state index in [1.807, 2.05) is 6.92 Å². The van der Waals surface area contributed by atoms with E-state index in [1.165, 1.54) is 56.6 Å². The van der Waals surface area contributed by atoms with Crippen LogP contribution in [0.15, 0.2) is 34.4 Å². The average molecular weight is 373 g/mol. The SMILES string of the molecule is CC(C)=CCC[C@]1(C)CCC[C@]2(C)C(CC/C(C)=C/C(=O)O)=C(C)CC[C@@H]12. The maximum Gasteiger partial charge on any atom is 0.328 e. The Bertz CT molecular complexity index is 647. The van der Waals surface area contributed by atoms with Gasteiger partial charge in [-0.15, -0.1) is 0 Å². The molecule has 0 aromatic carbocycles. The molecular weight excluding hydrogens is 332 g/mol. The molecule has 2 rings (SSSR count). The van der Waals surface area contributed by atoms with Gasteiger partial charge in [0.15, 0.2) is 0 Å². The first-order valence-corrected chi connectivity index (χ1v) is 10.8. The van der Waals surface area contributed by atoms with Crippen molar-refractivity contribution < 1.29 is 9.90 Å². The molecule has 0 heterocycles. The lowest BCUT2D eigenvalue weighted by molar-refractivity contribution is -0.131. The molecule has 0 aromatic rings. The molecular formula is C25H40O2. The number of hydrogen-bond donors (Lipinski definition) is 1. The zero-order valence-electron chi connectivity index (χ0n) is 18.5. The first-order valence-electron chi connectivity index (χ1n) is 10.8. The van der Waals surface area contributed by atoms with E-state index in [4.69, 9.17) is 5.11 Å². The molecule has 2 aliphatic carbocycles. The normalized spacial score (nSPS) is 31.5. The van der Waals surface area contributed by atoms with Crippen molar-refractivity contribution in [1.82, 2.24) is 0 Å². The van der Waals surface area contributed by atoms with Crippen LogP contribution < -0.4 is 0 Å². The quantitative estimate of drug-likeness (QED) is 0.372. The number of rotatable bonds is 7. The van der Waals surface area contributed by atoms with Gasteiger partial charge in [0.1, 0.15) is 0 Å². The van der Waals surface area contributed by atoms with Crippen LogP contribution in [0.5, 0.6) is 0 Å². The van der Waals surface area contributed by atoms with E-state index < -0.39 is 5.97 Å². The Balaban J connectivity index is 2.22. The fourth-order valence-electron chi connectivity index (χ4n) is 6.10. The van der Waals surface area contributed by atoms with Crippen LogP contribution in [0.25, 0.3) is 0 Å². The van der Waals surface area contributed by atoms with Crippen molar-refractivity contribution >= 4 is 5.97 Å². The van der Waals surface area contributed by atoms with Gasteiger partial charge in [-0.05, 0) is 95.8 Å². The van der Waals surface area contributed by atoms with Gasteiger partial charge < -0.3 is 5.11 Å². The summed E-state index contributed by atoms with van der Waals surface area (Å²) in [6.45, 7) is 13.7. The lowest BCUT2D eigenvalue weighted by atomic mass is 9.48. The van der Waals surface area contributed by atoms with E-state index in [-0.39, 0.29) is 0 Å². The maximum atomic E-state index is 11.0. The highest BCUT2D eigenvalue weighted by atomic mass is 16.4.